The van der Waals surface area contributed by atoms with Gasteiger partial charge in [-0.2, -0.15) is 8.61 Å². The van der Waals surface area contributed by atoms with Gasteiger partial charge in [0.1, 0.15) is 37.8 Å². The van der Waals surface area contributed by atoms with Gasteiger partial charge in [0.2, 0.25) is 31.9 Å². The number of carbonyl (C=O) groups excluding carboxylic acids is 5. The van der Waals surface area contributed by atoms with Gasteiger partial charge in [-0.05, 0) is 182 Å². The fraction of sp³-hybridized carbons (Fsp3) is 0.432. The Labute approximate surface area is 648 Å². The molecule has 25 nitrogen and oxygen atoms in total. The number of aliphatic carboxylic acids is 1. The minimum atomic E-state index is -3.28. The molecule has 2 N–H and O–H groups in total. The molecule has 6 aromatic carbocycles. The van der Waals surface area contributed by atoms with Crippen molar-refractivity contribution < 1.29 is 98.7 Å². The maximum absolute atomic E-state index is 12.9. The average molecular weight is 1520 g/mol. The van der Waals surface area contributed by atoms with Crippen LogP contribution in [0.5, 0.6) is 11.5 Å². The molecule has 4 saturated heterocycles. The number of hydrogen-bond donors (Lipinski definition) is 1. The zero-order valence-electron chi connectivity index (χ0n) is 62.9. The van der Waals surface area contributed by atoms with Crippen molar-refractivity contribution in [3.05, 3.63) is 155 Å². The molecule has 14 rings (SSSR count). The van der Waals surface area contributed by atoms with Gasteiger partial charge in [-0.25, -0.2) is 26.4 Å². The van der Waals surface area contributed by atoms with E-state index in [1.807, 2.05) is 111 Å². The summed E-state index contributed by atoms with van der Waals surface area (Å²) in [4.78, 5) is 83.5. The van der Waals surface area contributed by atoms with Crippen molar-refractivity contribution in [3.8, 4) is 34.0 Å². The van der Waals surface area contributed by atoms with Crippen LogP contribution in [0.4, 0.5) is 22.7 Å². The molecule has 0 atom stereocenters. The van der Waals surface area contributed by atoms with E-state index in [1.165, 1.54) is 60.9 Å². The molecule has 8 aromatic rings. The quantitative estimate of drug-likeness (QED) is 0.0376. The van der Waals surface area contributed by atoms with Gasteiger partial charge in [0.15, 0.2) is 0 Å². The number of hydrogen-bond acceptors (Lipinski definition) is 18. The Bertz CT molecular complexity index is 4900. The number of carbonyl (C=O) groups is 6. The zero-order chi connectivity index (χ0) is 75.3. The number of rotatable bonds is 22. The van der Waals surface area contributed by atoms with Crippen LogP contribution in [-0.4, -0.2) is 180 Å². The van der Waals surface area contributed by atoms with Gasteiger partial charge in [0.25, 0.3) is 0 Å². The van der Waals surface area contributed by atoms with E-state index in [1.54, 1.807) is 29.2 Å². The molecule has 0 radical (unpaired) electrons. The van der Waals surface area contributed by atoms with E-state index in [-0.39, 0.29) is 68.4 Å². The summed E-state index contributed by atoms with van der Waals surface area (Å²) in [5.41, 5.74) is 13.4. The fourth-order valence-electron chi connectivity index (χ4n) is 16.6. The van der Waals surface area contributed by atoms with Crippen LogP contribution in [0.3, 0.4) is 0 Å². The normalized spacial score (nSPS) is 17.0. The molecular formula is C81H95LiN8O17S2. The number of ether oxygens (including phenoxy) is 5. The first-order valence-electron chi connectivity index (χ1n) is 37.1. The predicted octanol–water partition coefficient (Wildman–Crippen LogP) is 8.94. The minimum Gasteiger partial charge on any atom is -0.870 e. The number of nitrogens with zero attached hydrogens (tertiary/aromatic N) is 8. The molecular weight excluding hydrogens is 1430 g/mol. The first-order chi connectivity index (χ1) is 51.6. The van der Waals surface area contributed by atoms with E-state index in [4.69, 9.17) is 23.7 Å². The fourth-order valence-corrected chi connectivity index (χ4v) is 18.2. The van der Waals surface area contributed by atoms with Crippen molar-refractivity contribution in [2.24, 2.45) is 0 Å². The Balaban J connectivity index is 0.000000213. The number of amides is 2. The Hall–Kier alpha value is -9.20. The third-order valence-electron chi connectivity index (χ3n) is 21.9. The number of aromatic nitrogens is 2. The molecule has 0 spiro atoms. The smallest absolute Gasteiger partial charge is 0.870 e. The van der Waals surface area contributed by atoms with Gasteiger partial charge in [0, 0.05) is 123 Å². The largest absolute Gasteiger partial charge is 1.00 e. The number of esters is 3. The topological polar surface area (TPSA) is 296 Å². The van der Waals surface area contributed by atoms with Gasteiger partial charge in [0.05, 0.1) is 67.4 Å². The zero-order valence-corrected chi connectivity index (χ0v) is 64.5. The second-order valence-electron chi connectivity index (χ2n) is 28.6. The Morgan fingerprint density at radius 3 is 1.18 bits per heavy atom. The molecule has 2 amide bonds. The molecule has 109 heavy (non-hydrogen) atoms. The van der Waals surface area contributed by atoms with Crippen molar-refractivity contribution in [2.75, 3.05) is 119 Å². The average Bonchev–Trinajstić information content (AvgIpc) is 1.59. The molecule has 4 aliphatic heterocycles. The molecule has 0 bridgehead atoms. The van der Waals surface area contributed by atoms with Crippen LogP contribution in [0.2, 0.25) is 0 Å². The second-order valence-corrected chi connectivity index (χ2v) is 32.6. The molecule has 2 aromatic heterocycles. The van der Waals surface area contributed by atoms with Gasteiger partial charge < -0.3 is 63.0 Å². The summed E-state index contributed by atoms with van der Waals surface area (Å²) in [6.07, 6.45) is 16.1. The summed E-state index contributed by atoms with van der Waals surface area (Å²) >= 11 is 0. The first kappa shape index (κ1) is 80.8. The van der Waals surface area contributed by atoms with E-state index in [2.05, 4.69) is 9.80 Å². The summed E-state index contributed by atoms with van der Waals surface area (Å²) in [6.45, 7) is 5.23. The van der Waals surface area contributed by atoms with E-state index in [9.17, 15) is 50.7 Å². The molecule has 0 unspecified atom stereocenters. The van der Waals surface area contributed by atoms with Crippen molar-refractivity contribution in [1.82, 2.24) is 17.7 Å². The Kier molecular flexibility index (Phi) is 26.1. The van der Waals surface area contributed by atoms with Crippen molar-refractivity contribution in [1.29, 1.82) is 0 Å². The second kappa shape index (κ2) is 35.2. The van der Waals surface area contributed by atoms with Gasteiger partial charge >= 0.3 is 42.7 Å². The van der Waals surface area contributed by atoms with Crippen LogP contribution < -0.4 is 47.9 Å². The first-order valence-corrected chi connectivity index (χ1v) is 40.8. The van der Waals surface area contributed by atoms with E-state index in [0.717, 1.165) is 142 Å². The number of methoxy groups -OCH3 is 3. The van der Waals surface area contributed by atoms with Crippen LogP contribution in [0.15, 0.2) is 121 Å². The van der Waals surface area contributed by atoms with Crippen LogP contribution in [0.25, 0.3) is 44.3 Å². The van der Waals surface area contributed by atoms with Gasteiger partial charge in [-0.1, -0.05) is 50.7 Å². The number of carboxylic acid groups (broad SMARTS) is 1. The number of piperazine rings is 2. The monoisotopic (exact) mass is 1520 g/mol. The summed E-state index contributed by atoms with van der Waals surface area (Å²) in [5.74, 6) is -0.273. The van der Waals surface area contributed by atoms with Crippen LogP contribution in [0.1, 0.15) is 145 Å². The standard InChI is InChI=1S/C41H48N4O8S.C40H46N4O8S.Li.H2O/c1-51-38(47)26-45-36-25-30(41(48)52-2)13-17-34(36)39(28-8-5-4-6-9-28)40(45)29-11-15-33(16-12-29)53-27-31-24-32(44-19-7-10-37(44)46)14-18-35(31)42-20-22-43(23-21-42)54(3,49)50;1-51-40(48)29-12-16-33-35(24-29)44(25-37(46)47)39(38(33)27-7-4-3-5-8-27)28-10-14-32(15-11-28)52-26-30-23-31(43-18-6-9-36(43)45)13-17-34(30)41-19-21-42(22-20-41)53(2,49)50;;/h11-18,24-25,28H,4-10,19-23,26-27H2,1-3H3;10-17,23-24,27H,3-9,18-22,25-26H2,1-2H3,(H,46,47);;1H2/q;;+1;/p-1. The van der Waals surface area contributed by atoms with E-state index < -0.39 is 43.9 Å². The summed E-state index contributed by atoms with van der Waals surface area (Å²) in [7, 11) is -2.49. The summed E-state index contributed by atoms with van der Waals surface area (Å²) in [5, 5.41) is 12.0. The SMILES string of the molecule is COC(=O)Cn1c(-c2ccc(OCc3cc(N4CCCC4=O)ccc3N3CCN(S(C)(=O)=O)CC3)cc2)c(C2CCCCC2)c2ccc(C(=O)OC)cc21.COC(=O)c1ccc2c(C3CCCCC3)c(-c3ccc(OCc4cc(N5CCCC5=O)ccc4N4CCN(S(C)(=O)=O)CC4)cc3)n(CC(=O)O)c2c1.[Li+].[OH-]. The predicted molar refractivity (Wildman–Crippen MR) is 413 cm³/mol. The number of sulfonamides is 2. The molecule has 28 heteroatoms. The Morgan fingerprint density at radius 1 is 0.459 bits per heavy atom. The third kappa shape index (κ3) is 18.0. The van der Waals surface area contributed by atoms with Crippen molar-refractivity contribution in [3.63, 3.8) is 0 Å². The number of carboxylic acids is 1. The van der Waals surface area contributed by atoms with Gasteiger partial charge in [-0.15, -0.1) is 0 Å². The van der Waals surface area contributed by atoms with Crippen molar-refractivity contribution >= 4 is 100 Å². The maximum Gasteiger partial charge on any atom is 1.00 e. The van der Waals surface area contributed by atoms with Crippen molar-refractivity contribution in [2.45, 2.75) is 128 Å². The number of fused-ring (bicyclic) bond motifs is 2. The minimum absolute atomic E-state index is 0. The third-order valence-corrected chi connectivity index (χ3v) is 24.5. The number of anilines is 4. The van der Waals surface area contributed by atoms with Gasteiger partial charge in [-0.3, -0.25) is 19.2 Å². The molecule has 574 valence electrons. The van der Waals surface area contributed by atoms with E-state index >= 15 is 0 Å². The molecule has 2 saturated carbocycles. The summed E-state index contributed by atoms with van der Waals surface area (Å²) in [6, 6.07) is 38.5. The summed E-state index contributed by atoms with van der Waals surface area (Å²) < 4.78 is 83.4. The van der Waals surface area contributed by atoms with Crippen LogP contribution >= 0.6 is 0 Å². The Morgan fingerprint density at radius 2 is 0.844 bits per heavy atom. The van der Waals surface area contributed by atoms with Crippen LogP contribution in [-0.2, 0) is 79.7 Å². The number of benzene rings is 6. The molecule has 6 fully saturated rings. The maximum atomic E-state index is 12.9. The van der Waals surface area contributed by atoms with E-state index in [0.29, 0.717) is 112 Å². The van der Waals surface area contributed by atoms with Crippen LogP contribution in [0, 0.1) is 0 Å². The molecule has 6 aliphatic rings. The molecule has 6 heterocycles. The molecule has 2 aliphatic carbocycles.